The minimum Gasteiger partial charge on any atom is -0.499 e. The number of hydrogen-bond donors (Lipinski definition) is 5. The van der Waals surface area contributed by atoms with Crippen LogP contribution >= 0.6 is 0 Å². The lowest BCUT2D eigenvalue weighted by Gasteiger charge is -2.61. The van der Waals surface area contributed by atoms with Gasteiger partial charge in [0.1, 0.15) is 30.2 Å². The normalized spacial score (nSPS) is 39.6. The topological polar surface area (TPSA) is 177 Å². The minimum absolute atomic E-state index is 0.0223. The average Bonchev–Trinajstić information content (AvgIpc) is 3.94. The summed E-state index contributed by atoms with van der Waals surface area (Å²) in [7, 11) is 1.28. The summed E-state index contributed by atoms with van der Waals surface area (Å²) < 4.78 is 32.3. The van der Waals surface area contributed by atoms with Crippen LogP contribution in [0.5, 0.6) is 0 Å². The summed E-state index contributed by atoms with van der Waals surface area (Å²) >= 11 is 0. The molecule has 1 aromatic heterocycles. The Labute approximate surface area is 315 Å². The number of methoxy groups -OCH3 is 1. The molecule has 12 heteroatoms. The van der Waals surface area contributed by atoms with Crippen LogP contribution in [-0.4, -0.2) is 93.5 Å². The molecule has 0 unspecified atom stereocenters. The van der Waals surface area contributed by atoms with E-state index in [4.69, 9.17) is 23.7 Å². The van der Waals surface area contributed by atoms with Crippen molar-refractivity contribution >= 4 is 23.3 Å². The molecule has 5 N–H and O–H groups in total. The number of fused-ring (bicyclic) bond motifs is 5. The summed E-state index contributed by atoms with van der Waals surface area (Å²) in [5.74, 6) is -1.89. The number of aliphatic hydroxyl groups excluding tert-OH is 2. The van der Waals surface area contributed by atoms with Crippen molar-refractivity contribution in [1.29, 1.82) is 0 Å². The van der Waals surface area contributed by atoms with Gasteiger partial charge in [0.15, 0.2) is 11.9 Å². The number of aromatic nitrogens is 1. The smallest absolute Gasteiger partial charge is 0.333 e. The first kappa shape index (κ1) is 37.5. The molecular weight excluding hydrogens is 694 g/mol. The van der Waals surface area contributed by atoms with Gasteiger partial charge in [0.25, 0.3) is 0 Å². The number of H-pyrrole nitrogens is 1. The zero-order chi connectivity index (χ0) is 38.0. The van der Waals surface area contributed by atoms with Gasteiger partial charge in [0.05, 0.1) is 31.2 Å². The highest BCUT2D eigenvalue weighted by molar-refractivity contribution is 5.90. The predicted octanol–water partition coefficient (Wildman–Crippen LogP) is 3.44. The highest BCUT2D eigenvalue weighted by atomic mass is 16.7. The van der Waals surface area contributed by atoms with Gasteiger partial charge in [-0.2, -0.15) is 0 Å². The Kier molecular flexibility index (Phi) is 9.90. The lowest BCUT2D eigenvalue weighted by Crippen LogP contribution is -2.78. The van der Waals surface area contributed by atoms with E-state index in [1.54, 1.807) is 12.3 Å². The number of carbonyl (C=O) groups excluding carboxylic acids is 1. The van der Waals surface area contributed by atoms with E-state index in [2.05, 4.69) is 24.6 Å². The third-order valence-corrected chi connectivity index (χ3v) is 14.2. The van der Waals surface area contributed by atoms with Gasteiger partial charge in [-0.25, -0.2) is 4.79 Å². The van der Waals surface area contributed by atoms with E-state index in [1.165, 1.54) is 32.8 Å². The van der Waals surface area contributed by atoms with E-state index < -0.39 is 65.0 Å². The lowest BCUT2D eigenvalue weighted by molar-refractivity contribution is -0.378. The van der Waals surface area contributed by atoms with Crippen LogP contribution in [-0.2, 0) is 33.3 Å². The molecule has 8 rings (SSSR count). The Morgan fingerprint density at radius 2 is 1.96 bits per heavy atom. The van der Waals surface area contributed by atoms with E-state index in [0.29, 0.717) is 43.3 Å². The summed E-state index contributed by atoms with van der Waals surface area (Å²) in [5.41, 5.74) is -2.07. The van der Waals surface area contributed by atoms with Gasteiger partial charge in [0.2, 0.25) is 0 Å². The zero-order valence-electron chi connectivity index (χ0n) is 31.3. The molecule has 4 bridgehead atoms. The number of aliphatic hydroxyl groups is 3. The molecule has 294 valence electrons. The second-order valence-corrected chi connectivity index (χ2v) is 16.8. The first-order valence-electron chi connectivity index (χ1n) is 19.9. The maximum absolute atomic E-state index is 13.3. The predicted molar refractivity (Wildman–Crippen MR) is 195 cm³/mol. The molecule has 4 aliphatic carbocycles. The van der Waals surface area contributed by atoms with Crippen molar-refractivity contribution in [3.63, 3.8) is 0 Å². The number of nitrogens with one attached hydrogen (secondary N) is 1. The van der Waals surface area contributed by atoms with E-state index in [0.717, 1.165) is 34.7 Å². The molecule has 4 fully saturated rings. The molecule has 1 aromatic rings. The van der Waals surface area contributed by atoms with Crippen LogP contribution in [0.2, 0.25) is 0 Å². The molecule has 3 aliphatic heterocycles. The molecule has 7 aliphatic rings. The van der Waals surface area contributed by atoms with Crippen molar-refractivity contribution < 1.29 is 53.7 Å². The number of allylic oxidation sites excluding steroid dienone is 1. The second kappa shape index (κ2) is 14.3. The van der Waals surface area contributed by atoms with E-state index in [-0.39, 0.29) is 37.5 Å². The van der Waals surface area contributed by atoms with Crippen molar-refractivity contribution in [3.05, 3.63) is 59.0 Å². The van der Waals surface area contributed by atoms with Gasteiger partial charge >= 0.3 is 11.9 Å². The second-order valence-electron chi connectivity index (χ2n) is 16.8. The lowest BCUT2D eigenvalue weighted by atomic mass is 9.59. The Hall–Kier alpha value is -3.42. The molecule has 4 heterocycles. The quantitative estimate of drug-likeness (QED) is 0.185. The van der Waals surface area contributed by atoms with Crippen molar-refractivity contribution in [3.8, 4) is 0 Å². The fourth-order valence-corrected chi connectivity index (χ4v) is 11.4. The molecule has 0 aromatic carbocycles. The average molecular weight is 750 g/mol. The number of ether oxygens (including phenoxy) is 5. The van der Waals surface area contributed by atoms with E-state index in [1.807, 2.05) is 12.2 Å². The van der Waals surface area contributed by atoms with Gasteiger partial charge in [-0.05, 0) is 80.4 Å². The highest BCUT2D eigenvalue weighted by Gasteiger charge is 2.71. The third kappa shape index (κ3) is 5.64. The number of rotatable bonds is 9. The molecular formula is C42H55NO11. The van der Waals surface area contributed by atoms with Crippen LogP contribution in [0.1, 0.15) is 95.6 Å². The number of carboxylic acid groups (broad SMARTS) is 1. The van der Waals surface area contributed by atoms with Crippen molar-refractivity contribution in [2.24, 2.45) is 29.1 Å². The van der Waals surface area contributed by atoms with Crippen LogP contribution in [0.4, 0.5) is 0 Å². The van der Waals surface area contributed by atoms with E-state index in [9.17, 15) is 30.0 Å². The molecule has 54 heavy (non-hydrogen) atoms. The molecule has 12 nitrogen and oxygen atoms in total. The zero-order valence-corrected chi connectivity index (χ0v) is 31.3. The fourth-order valence-electron chi connectivity index (χ4n) is 11.4. The number of carboxylic acids is 1. The SMILES string of the molecule is C=C[C@@H]1[C@H](CC(=O)O)C(C(=O)OC)=C[C@@]23CCC[C@@H]2/C=C/OC[C@H]2O[C@@H](O[C@@H]13)[C@@]1(O)CCC3=c4cc([C@H](C)C5CCCC5)[nH]c4=C(CCCO)O[C@]32[C@@H]1O. The highest BCUT2D eigenvalue weighted by Crippen LogP contribution is 2.60. The maximum atomic E-state index is 13.3. The molecule has 0 amide bonds. The summed E-state index contributed by atoms with van der Waals surface area (Å²) in [6.45, 7) is 6.30. The van der Waals surface area contributed by atoms with Gasteiger partial charge in [0, 0.05) is 46.8 Å². The molecule has 3 saturated carbocycles. The fraction of sp³-hybridized carbons (Fsp3) is 0.667. The van der Waals surface area contributed by atoms with Crippen LogP contribution in [0.15, 0.2) is 42.7 Å². The Morgan fingerprint density at radius 3 is 2.69 bits per heavy atom. The summed E-state index contributed by atoms with van der Waals surface area (Å²) in [6.07, 6.45) is 10.5. The number of carbonyl (C=O) groups is 2. The maximum Gasteiger partial charge on any atom is 0.333 e. The van der Waals surface area contributed by atoms with Crippen LogP contribution in [0.3, 0.4) is 0 Å². The van der Waals surface area contributed by atoms with E-state index >= 15 is 0 Å². The minimum atomic E-state index is -1.94. The number of hydrogen-bond acceptors (Lipinski definition) is 10. The van der Waals surface area contributed by atoms with Crippen molar-refractivity contribution in [1.82, 2.24) is 4.98 Å². The number of aliphatic carboxylic acids is 1. The Morgan fingerprint density at radius 1 is 1.17 bits per heavy atom. The van der Waals surface area contributed by atoms with Crippen molar-refractivity contribution in [2.45, 2.75) is 126 Å². The van der Waals surface area contributed by atoms with Gasteiger partial charge in [-0.1, -0.05) is 38.3 Å². The van der Waals surface area contributed by atoms with Gasteiger partial charge in [-0.3, -0.25) is 4.79 Å². The molecule has 11 atom stereocenters. The molecule has 2 spiro atoms. The Balaban J connectivity index is 1.25. The first-order chi connectivity index (χ1) is 26.0. The molecule has 1 saturated heterocycles. The standard InChI is InChI=1S/C42H55NO11/c1-4-26-27(20-34(45)46)29(37(47)50-3)21-40-15-7-11-25(40)14-18-51-22-33-42-30(13-16-41(49,38(42)48)39(52-33)53-36(26)40)28-19-31(23(2)24-9-5-6-10-24)43-35(28)32(54-42)12-8-17-44/h4,14,18-19,21,23-27,33,36,38-39,43-44,48-49H,1,5-13,15-17,20,22H2,2-3H3,(H,45,46)/b18-14+/t23-,25-,26-,27+,33-,36+,38-,39+,40+,41-,42-/m1/s1. The van der Waals surface area contributed by atoms with Gasteiger partial charge < -0.3 is 49.1 Å². The summed E-state index contributed by atoms with van der Waals surface area (Å²) in [5, 5.41) is 47.2. The van der Waals surface area contributed by atoms with Gasteiger partial charge in [-0.15, -0.1) is 6.58 Å². The molecule has 0 radical (unpaired) electrons. The van der Waals surface area contributed by atoms with Crippen LogP contribution in [0.25, 0.3) is 11.3 Å². The monoisotopic (exact) mass is 749 g/mol. The Bertz CT molecular complexity index is 1840. The largest absolute Gasteiger partial charge is 0.499 e. The number of esters is 1. The summed E-state index contributed by atoms with van der Waals surface area (Å²) in [6, 6.07) is 2.19. The van der Waals surface area contributed by atoms with Crippen LogP contribution in [0, 0.1) is 29.1 Å². The third-order valence-electron chi connectivity index (χ3n) is 14.2. The summed E-state index contributed by atoms with van der Waals surface area (Å²) in [4.78, 5) is 29.3. The van der Waals surface area contributed by atoms with Crippen molar-refractivity contribution in [2.75, 3.05) is 20.3 Å². The van der Waals surface area contributed by atoms with Crippen LogP contribution < -0.4 is 10.6 Å². The first-order valence-corrected chi connectivity index (χ1v) is 19.9. The number of aromatic amines is 1.